The summed E-state index contributed by atoms with van der Waals surface area (Å²) >= 11 is 0. The van der Waals surface area contributed by atoms with E-state index in [1.165, 1.54) is 7.11 Å². The van der Waals surface area contributed by atoms with Gasteiger partial charge in [-0.1, -0.05) is 6.07 Å². The lowest BCUT2D eigenvalue weighted by Gasteiger charge is -2.25. The highest BCUT2D eigenvalue weighted by atomic mass is 16.5. The van der Waals surface area contributed by atoms with E-state index in [0.717, 1.165) is 11.1 Å². The van der Waals surface area contributed by atoms with Crippen molar-refractivity contribution in [3.8, 4) is 0 Å². The first-order valence-electron chi connectivity index (χ1n) is 7.30. The number of hydrogen-bond acceptors (Lipinski definition) is 4. The van der Waals surface area contributed by atoms with E-state index < -0.39 is 17.8 Å². The topological polar surface area (TPSA) is 84.5 Å². The average Bonchev–Trinajstić information content (AvgIpc) is 2.44. The van der Waals surface area contributed by atoms with Crippen LogP contribution in [-0.4, -0.2) is 24.9 Å². The lowest BCUT2D eigenvalue weighted by molar-refractivity contribution is -0.139. The number of nitrogens with one attached hydrogen (secondary N) is 2. The maximum Gasteiger partial charge on any atom is 0.336 e. The summed E-state index contributed by atoms with van der Waals surface area (Å²) in [5, 5.41) is 5.35. The van der Waals surface area contributed by atoms with E-state index in [-0.39, 0.29) is 17.9 Å². The molecule has 6 nitrogen and oxygen atoms in total. The van der Waals surface area contributed by atoms with Crippen LogP contribution in [0.4, 0.5) is 5.69 Å². The molecule has 0 bridgehead atoms. The van der Waals surface area contributed by atoms with E-state index in [2.05, 4.69) is 10.6 Å². The van der Waals surface area contributed by atoms with Crippen LogP contribution in [0.15, 0.2) is 29.5 Å². The third-order valence-corrected chi connectivity index (χ3v) is 3.68. The van der Waals surface area contributed by atoms with Crippen molar-refractivity contribution in [1.29, 1.82) is 0 Å². The quantitative estimate of drug-likeness (QED) is 0.833. The van der Waals surface area contributed by atoms with Crippen molar-refractivity contribution in [3.63, 3.8) is 0 Å². The van der Waals surface area contributed by atoms with Gasteiger partial charge >= 0.3 is 5.97 Å². The number of esters is 1. The standard InChI is InChI=1S/C17H20N2O4/c1-9-5-10(2)7-12(6-9)19-16(21)13-8-14(20)18-11(3)15(13)17(22)23-4/h5-7,13H,8H2,1-4H3,(H,18,20)(H,19,21)/t13-/m1/s1. The average molecular weight is 316 g/mol. The Morgan fingerprint density at radius 3 is 2.35 bits per heavy atom. The van der Waals surface area contributed by atoms with Gasteiger partial charge in [-0.05, 0) is 44.0 Å². The van der Waals surface area contributed by atoms with Crippen molar-refractivity contribution in [2.24, 2.45) is 5.92 Å². The molecule has 0 saturated heterocycles. The van der Waals surface area contributed by atoms with Crippen LogP contribution in [0.5, 0.6) is 0 Å². The smallest absolute Gasteiger partial charge is 0.336 e. The van der Waals surface area contributed by atoms with Crippen LogP contribution in [-0.2, 0) is 19.1 Å². The van der Waals surface area contributed by atoms with E-state index in [1.807, 2.05) is 32.0 Å². The molecule has 0 fully saturated rings. The highest BCUT2D eigenvalue weighted by molar-refractivity contribution is 6.06. The Hall–Kier alpha value is -2.63. The summed E-state index contributed by atoms with van der Waals surface area (Å²) in [6.07, 6.45) is -0.0849. The summed E-state index contributed by atoms with van der Waals surface area (Å²) in [5.74, 6) is -2.17. The fraction of sp³-hybridized carbons (Fsp3) is 0.353. The van der Waals surface area contributed by atoms with Crippen LogP contribution in [0, 0.1) is 19.8 Å². The Kier molecular flexibility index (Phi) is 4.83. The number of benzene rings is 1. The molecule has 1 aromatic carbocycles. The highest BCUT2D eigenvalue weighted by Gasteiger charge is 2.36. The molecule has 0 aliphatic carbocycles. The second-order valence-corrected chi connectivity index (χ2v) is 5.70. The van der Waals surface area contributed by atoms with Gasteiger partial charge in [0.2, 0.25) is 11.8 Å². The number of anilines is 1. The third-order valence-electron chi connectivity index (χ3n) is 3.68. The molecule has 0 unspecified atom stereocenters. The maximum atomic E-state index is 12.6. The molecular formula is C17H20N2O4. The third kappa shape index (κ3) is 3.77. The van der Waals surface area contributed by atoms with Gasteiger partial charge in [-0.15, -0.1) is 0 Å². The lowest BCUT2D eigenvalue weighted by Crippen LogP contribution is -2.40. The molecule has 1 atom stereocenters. The van der Waals surface area contributed by atoms with Crippen molar-refractivity contribution in [3.05, 3.63) is 40.6 Å². The van der Waals surface area contributed by atoms with E-state index >= 15 is 0 Å². The van der Waals surface area contributed by atoms with E-state index in [0.29, 0.717) is 11.4 Å². The summed E-state index contributed by atoms with van der Waals surface area (Å²) in [4.78, 5) is 36.3. The first-order valence-corrected chi connectivity index (χ1v) is 7.30. The minimum absolute atomic E-state index is 0.0849. The normalized spacial score (nSPS) is 17.6. The van der Waals surface area contributed by atoms with Gasteiger partial charge in [-0.3, -0.25) is 9.59 Å². The zero-order valence-electron chi connectivity index (χ0n) is 13.6. The van der Waals surface area contributed by atoms with Gasteiger partial charge in [0.05, 0.1) is 18.6 Å². The summed E-state index contributed by atoms with van der Waals surface area (Å²) in [6.45, 7) is 5.45. The van der Waals surface area contributed by atoms with Crippen LogP contribution >= 0.6 is 0 Å². The van der Waals surface area contributed by atoms with Crippen molar-refractivity contribution < 1.29 is 19.1 Å². The van der Waals surface area contributed by atoms with E-state index in [9.17, 15) is 14.4 Å². The first kappa shape index (κ1) is 16.7. The number of carbonyl (C=O) groups is 3. The number of carbonyl (C=O) groups excluding carboxylic acids is 3. The lowest BCUT2D eigenvalue weighted by atomic mass is 9.89. The van der Waals surface area contributed by atoms with Gasteiger partial charge in [-0.25, -0.2) is 4.79 Å². The van der Waals surface area contributed by atoms with Gasteiger partial charge in [0, 0.05) is 17.8 Å². The van der Waals surface area contributed by atoms with Crippen molar-refractivity contribution >= 4 is 23.5 Å². The Balaban J connectivity index is 2.30. The molecule has 2 amide bonds. The minimum Gasteiger partial charge on any atom is -0.466 e. The first-order chi connectivity index (χ1) is 10.8. The summed E-state index contributed by atoms with van der Waals surface area (Å²) in [6, 6.07) is 5.66. The number of aryl methyl sites for hydroxylation is 2. The molecule has 0 radical (unpaired) electrons. The van der Waals surface area contributed by atoms with Gasteiger partial charge in [0.15, 0.2) is 0 Å². The Bertz CT molecular complexity index is 686. The molecule has 1 aromatic rings. The molecule has 23 heavy (non-hydrogen) atoms. The van der Waals surface area contributed by atoms with Crippen LogP contribution in [0.3, 0.4) is 0 Å². The second kappa shape index (κ2) is 6.64. The van der Waals surface area contributed by atoms with Crippen molar-refractivity contribution in [1.82, 2.24) is 5.32 Å². The Morgan fingerprint density at radius 1 is 1.17 bits per heavy atom. The van der Waals surface area contributed by atoms with Gasteiger partial charge in [-0.2, -0.15) is 0 Å². The maximum absolute atomic E-state index is 12.6. The zero-order chi connectivity index (χ0) is 17.1. The van der Waals surface area contributed by atoms with Gasteiger partial charge < -0.3 is 15.4 Å². The molecule has 1 aliphatic heterocycles. The van der Waals surface area contributed by atoms with Gasteiger partial charge in [0.1, 0.15) is 0 Å². The molecule has 0 saturated carbocycles. The predicted octanol–water partition coefficient (Wildman–Crippen LogP) is 1.83. The van der Waals surface area contributed by atoms with E-state index in [1.54, 1.807) is 6.92 Å². The zero-order valence-corrected chi connectivity index (χ0v) is 13.6. The second-order valence-electron chi connectivity index (χ2n) is 5.70. The number of methoxy groups -OCH3 is 1. The van der Waals surface area contributed by atoms with E-state index in [4.69, 9.17) is 4.74 Å². The minimum atomic E-state index is -0.864. The van der Waals surface area contributed by atoms with Gasteiger partial charge in [0.25, 0.3) is 0 Å². The Labute approximate surface area is 134 Å². The SMILES string of the molecule is COC(=O)C1=C(C)NC(=O)C[C@H]1C(=O)Nc1cc(C)cc(C)c1. The van der Waals surface area contributed by atoms with Crippen LogP contribution in [0.2, 0.25) is 0 Å². The number of ether oxygens (including phenoxy) is 1. The summed E-state index contributed by atoms with van der Waals surface area (Å²) in [7, 11) is 1.25. The largest absolute Gasteiger partial charge is 0.466 e. The highest BCUT2D eigenvalue weighted by Crippen LogP contribution is 2.26. The molecule has 2 rings (SSSR count). The Morgan fingerprint density at radius 2 is 1.78 bits per heavy atom. The predicted molar refractivity (Wildman–Crippen MR) is 85.5 cm³/mol. The monoisotopic (exact) mass is 316 g/mol. The molecule has 1 aliphatic rings. The number of amides is 2. The van der Waals surface area contributed by atoms with Crippen molar-refractivity contribution in [2.75, 3.05) is 12.4 Å². The summed E-state index contributed by atoms with van der Waals surface area (Å²) < 4.78 is 4.74. The number of allylic oxidation sites excluding steroid dienone is 1. The van der Waals surface area contributed by atoms with Crippen LogP contribution in [0.25, 0.3) is 0 Å². The fourth-order valence-electron chi connectivity index (χ4n) is 2.78. The molecule has 1 heterocycles. The molecule has 0 spiro atoms. The molecule has 122 valence electrons. The number of rotatable bonds is 3. The summed E-state index contributed by atoms with van der Waals surface area (Å²) in [5.41, 5.74) is 3.21. The number of hydrogen-bond donors (Lipinski definition) is 2. The molecular weight excluding hydrogens is 296 g/mol. The molecule has 6 heteroatoms. The molecule has 2 N–H and O–H groups in total. The van der Waals surface area contributed by atoms with Crippen LogP contribution < -0.4 is 10.6 Å². The van der Waals surface area contributed by atoms with Crippen LogP contribution in [0.1, 0.15) is 24.5 Å². The molecule has 0 aromatic heterocycles. The van der Waals surface area contributed by atoms with Crippen molar-refractivity contribution in [2.45, 2.75) is 27.2 Å². The fourth-order valence-corrected chi connectivity index (χ4v) is 2.78.